The molecule has 0 unspecified atom stereocenters. The van der Waals surface area contributed by atoms with E-state index in [9.17, 15) is 0 Å². The molecular formula is C16H21NO3. The lowest BCUT2D eigenvalue weighted by molar-refractivity contribution is 0.0879. The van der Waals surface area contributed by atoms with E-state index in [1.54, 1.807) is 6.26 Å². The Labute approximate surface area is 119 Å². The summed E-state index contributed by atoms with van der Waals surface area (Å²) < 4.78 is 16.6. The molecule has 0 amide bonds. The topological polar surface area (TPSA) is 43.6 Å². The highest BCUT2D eigenvalue weighted by atomic mass is 16.5. The van der Waals surface area contributed by atoms with Crippen LogP contribution in [0, 0.1) is 0 Å². The lowest BCUT2D eigenvalue weighted by Gasteiger charge is -2.07. The van der Waals surface area contributed by atoms with Crippen LogP contribution >= 0.6 is 0 Å². The zero-order valence-electron chi connectivity index (χ0n) is 11.8. The van der Waals surface area contributed by atoms with Crippen molar-refractivity contribution in [2.75, 3.05) is 19.8 Å². The summed E-state index contributed by atoms with van der Waals surface area (Å²) in [6.07, 6.45) is 1.70. The molecule has 0 aliphatic carbocycles. The molecule has 20 heavy (non-hydrogen) atoms. The smallest absolute Gasteiger partial charge is 0.123 e. The molecule has 1 N–H and O–H groups in total. The van der Waals surface area contributed by atoms with Crippen LogP contribution < -0.4 is 10.1 Å². The molecule has 4 heteroatoms. The third-order valence-corrected chi connectivity index (χ3v) is 2.87. The SMILES string of the molecule is CCNCc1occc1COCCOc1ccccc1. The van der Waals surface area contributed by atoms with E-state index in [1.807, 2.05) is 36.4 Å². The highest BCUT2D eigenvalue weighted by Gasteiger charge is 2.05. The molecule has 0 fully saturated rings. The van der Waals surface area contributed by atoms with Crippen LogP contribution in [0.2, 0.25) is 0 Å². The largest absolute Gasteiger partial charge is 0.491 e. The molecule has 1 heterocycles. The van der Waals surface area contributed by atoms with Crippen molar-refractivity contribution in [3.8, 4) is 5.75 Å². The summed E-state index contributed by atoms with van der Waals surface area (Å²) in [6.45, 7) is 5.38. The number of hydrogen-bond donors (Lipinski definition) is 1. The van der Waals surface area contributed by atoms with E-state index in [4.69, 9.17) is 13.9 Å². The summed E-state index contributed by atoms with van der Waals surface area (Å²) in [6, 6.07) is 11.7. The monoisotopic (exact) mass is 275 g/mol. The fraction of sp³-hybridized carbons (Fsp3) is 0.375. The average molecular weight is 275 g/mol. The number of benzene rings is 1. The first-order valence-electron chi connectivity index (χ1n) is 6.91. The second-order valence-electron chi connectivity index (χ2n) is 4.36. The number of ether oxygens (including phenoxy) is 2. The van der Waals surface area contributed by atoms with Crippen molar-refractivity contribution in [3.05, 3.63) is 54.0 Å². The first-order chi connectivity index (χ1) is 9.90. The van der Waals surface area contributed by atoms with Crippen LogP contribution in [0.1, 0.15) is 18.2 Å². The number of nitrogens with one attached hydrogen (secondary N) is 1. The van der Waals surface area contributed by atoms with Gasteiger partial charge >= 0.3 is 0 Å². The van der Waals surface area contributed by atoms with Crippen molar-refractivity contribution in [2.24, 2.45) is 0 Å². The van der Waals surface area contributed by atoms with E-state index < -0.39 is 0 Å². The summed E-state index contributed by atoms with van der Waals surface area (Å²) in [5, 5.41) is 3.24. The lowest BCUT2D eigenvalue weighted by Crippen LogP contribution is -2.13. The summed E-state index contributed by atoms with van der Waals surface area (Å²) in [4.78, 5) is 0. The van der Waals surface area contributed by atoms with Gasteiger partial charge in [0, 0.05) is 5.56 Å². The van der Waals surface area contributed by atoms with E-state index in [2.05, 4.69) is 12.2 Å². The normalized spacial score (nSPS) is 10.7. The molecule has 0 saturated heterocycles. The van der Waals surface area contributed by atoms with Crippen molar-refractivity contribution in [2.45, 2.75) is 20.1 Å². The molecule has 0 bridgehead atoms. The van der Waals surface area contributed by atoms with Crippen LogP contribution in [-0.4, -0.2) is 19.8 Å². The number of furan rings is 1. The summed E-state index contributed by atoms with van der Waals surface area (Å²) in [7, 11) is 0. The standard InChI is InChI=1S/C16H21NO3/c1-2-17-12-16-14(8-9-20-16)13-18-10-11-19-15-6-4-3-5-7-15/h3-9,17H,2,10-13H2,1H3. The molecular weight excluding hydrogens is 254 g/mol. The van der Waals surface area contributed by atoms with Crippen LogP contribution in [0.5, 0.6) is 5.75 Å². The van der Waals surface area contributed by atoms with Gasteiger partial charge in [0.1, 0.15) is 18.1 Å². The minimum Gasteiger partial charge on any atom is -0.491 e. The van der Waals surface area contributed by atoms with Crippen LogP contribution in [0.4, 0.5) is 0 Å². The molecule has 0 radical (unpaired) electrons. The second kappa shape index (κ2) is 8.40. The third-order valence-electron chi connectivity index (χ3n) is 2.87. The van der Waals surface area contributed by atoms with Gasteiger partial charge in [0.15, 0.2) is 0 Å². The zero-order valence-corrected chi connectivity index (χ0v) is 11.8. The number of para-hydroxylation sites is 1. The predicted molar refractivity (Wildman–Crippen MR) is 77.7 cm³/mol. The van der Waals surface area contributed by atoms with E-state index in [0.29, 0.717) is 19.8 Å². The van der Waals surface area contributed by atoms with Crippen LogP contribution in [0.15, 0.2) is 47.1 Å². The lowest BCUT2D eigenvalue weighted by atomic mass is 10.2. The van der Waals surface area contributed by atoms with Gasteiger partial charge in [-0.05, 0) is 24.7 Å². The third kappa shape index (κ3) is 4.72. The predicted octanol–water partition coefficient (Wildman–Crippen LogP) is 2.98. The maximum Gasteiger partial charge on any atom is 0.123 e. The first-order valence-corrected chi connectivity index (χ1v) is 6.91. The fourth-order valence-electron chi connectivity index (χ4n) is 1.81. The van der Waals surface area contributed by atoms with Gasteiger partial charge in [-0.2, -0.15) is 0 Å². The van der Waals surface area contributed by atoms with Gasteiger partial charge in [-0.3, -0.25) is 0 Å². The van der Waals surface area contributed by atoms with E-state index in [0.717, 1.165) is 30.2 Å². The number of hydrogen-bond acceptors (Lipinski definition) is 4. The van der Waals surface area contributed by atoms with Crippen LogP contribution in [-0.2, 0) is 17.9 Å². The van der Waals surface area contributed by atoms with Crippen LogP contribution in [0.25, 0.3) is 0 Å². The quantitative estimate of drug-likeness (QED) is 0.714. The summed E-state index contributed by atoms with van der Waals surface area (Å²) in [5.41, 5.74) is 1.09. The Morgan fingerprint density at radius 1 is 1.10 bits per heavy atom. The second-order valence-corrected chi connectivity index (χ2v) is 4.36. The molecule has 0 atom stereocenters. The molecule has 1 aromatic heterocycles. The van der Waals surface area contributed by atoms with E-state index in [-0.39, 0.29) is 0 Å². The number of rotatable bonds is 9. The Morgan fingerprint density at radius 2 is 1.95 bits per heavy atom. The molecule has 108 valence electrons. The van der Waals surface area contributed by atoms with Gasteiger partial charge in [-0.25, -0.2) is 0 Å². The highest BCUT2D eigenvalue weighted by Crippen LogP contribution is 2.12. The molecule has 4 nitrogen and oxygen atoms in total. The minimum atomic E-state index is 0.546. The summed E-state index contributed by atoms with van der Waals surface area (Å²) in [5.74, 6) is 1.81. The first kappa shape index (κ1) is 14.6. The minimum absolute atomic E-state index is 0.546. The summed E-state index contributed by atoms with van der Waals surface area (Å²) >= 11 is 0. The average Bonchev–Trinajstić information content (AvgIpc) is 2.93. The molecule has 0 aliphatic rings. The van der Waals surface area contributed by atoms with E-state index >= 15 is 0 Å². The molecule has 1 aromatic carbocycles. The highest BCUT2D eigenvalue weighted by molar-refractivity contribution is 5.20. The molecule has 0 saturated carbocycles. The Bertz CT molecular complexity index is 481. The van der Waals surface area contributed by atoms with Crippen molar-refractivity contribution in [3.63, 3.8) is 0 Å². The fourth-order valence-corrected chi connectivity index (χ4v) is 1.81. The Balaban J connectivity index is 1.65. The van der Waals surface area contributed by atoms with Gasteiger partial charge in [0.2, 0.25) is 0 Å². The van der Waals surface area contributed by atoms with Crippen LogP contribution in [0.3, 0.4) is 0 Å². The maximum absolute atomic E-state index is 5.61. The van der Waals surface area contributed by atoms with Gasteiger partial charge in [-0.15, -0.1) is 0 Å². The van der Waals surface area contributed by atoms with Gasteiger partial charge in [-0.1, -0.05) is 25.1 Å². The van der Waals surface area contributed by atoms with Gasteiger partial charge in [0.05, 0.1) is 26.0 Å². The molecule has 0 aliphatic heterocycles. The van der Waals surface area contributed by atoms with Crippen molar-refractivity contribution >= 4 is 0 Å². The van der Waals surface area contributed by atoms with Gasteiger partial charge < -0.3 is 19.2 Å². The molecule has 2 aromatic rings. The van der Waals surface area contributed by atoms with Gasteiger partial charge in [0.25, 0.3) is 0 Å². The van der Waals surface area contributed by atoms with Crippen molar-refractivity contribution < 1.29 is 13.9 Å². The Morgan fingerprint density at radius 3 is 2.75 bits per heavy atom. The Hall–Kier alpha value is -1.78. The van der Waals surface area contributed by atoms with Crippen molar-refractivity contribution in [1.29, 1.82) is 0 Å². The Kier molecular flexibility index (Phi) is 6.14. The van der Waals surface area contributed by atoms with E-state index in [1.165, 1.54) is 0 Å². The maximum atomic E-state index is 5.61. The molecule has 0 spiro atoms. The molecule has 2 rings (SSSR count). The zero-order chi connectivity index (χ0) is 14.0. The van der Waals surface area contributed by atoms with Crippen molar-refractivity contribution in [1.82, 2.24) is 5.32 Å².